The summed E-state index contributed by atoms with van der Waals surface area (Å²) in [5, 5.41) is 9.04. The van der Waals surface area contributed by atoms with Gasteiger partial charge in [-0.25, -0.2) is 0 Å². The smallest absolute Gasteiger partial charge is 0.317 e. The Balaban J connectivity index is 1.94. The summed E-state index contributed by atoms with van der Waals surface area (Å²) in [7, 11) is 0. The first-order chi connectivity index (χ1) is 8.04. The lowest BCUT2D eigenvalue weighted by molar-refractivity contribution is -0.139. The van der Waals surface area contributed by atoms with Crippen LogP contribution >= 0.6 is 0 Å². The molecule has 2 unspecified atom stereocenters. The fraction of sp³-hybridized carbons (Fsp3) is 0.929. The number of carbonyl (C=O) groups is 1. The van der Waals surface area contributed by atoms with Crippen molar-refractivity contribution in [2.45, 2.75) is 52.0 Å². The Kier molecular flexibility index (Phi) is 4.08. The van der Waals surface area contributed by atoms with Gasteiger partial charge >= 0.3 is 5.97 Å². The minimum absolute atomic E-state index is 0.237. The number of hydrogen-bond acceptors (Lipinski definition) is 2. The molecular weight excluding hydrogens is 214 g/mol. The van der Waals surface area contributed by atoms with Crippen LogP contribution < -0.4 is 0 Å². The van der Waals surface area contributed by atoms with Crippen molar-refractivity contribution in [2.24, 2.45) is 17.8 Å². The molecule has 3 nitrogen and oxygen atoms in total. The molecule has 1 N–H and O–H groups in total. The Morgan fingerprint density at radius 1 is 1.18 bits per heavy atom. The van der Waals surface area contributed by atoms with Gasteiger partial charge in [0.25, 0.3) is 0 Å². The standard InChI is InChI=1S/C14H25NO2/c1-10-5-11(2)7-13(6-10)15(9-14(16)17)8-12-3-4-12/h10-13H,3-9H2,1-2H3,(H,16,17). The summed E-state index contributed by atoms with van der Waals surface area (Å²) in [6, 6.07) is 0.505. The first-order valence-corrected chi connectivity index (χ1v) is 7.00. The molecule has 2 saturated carbocycles. The molecule has 2 aliphatic carbocycles. The molecule has 0 amide bonds. The van der Waals surface area contributed by atoms with Crippen LogP contribution in [-0.4, -0.2) is 35.1 Å². The van der Waals surface area contributed by atoms with Gasteiger partial charge in [0.1, 0.15) is 0 Å². The van der Waals surface area contributed by atoms with Gasteiger partial charge in [0.05, 0.1) is 6.54 Å². The second-order valence-corrected chi connectivity index (χ2v) is 6.34. The van der Waals surface area contributed by atoms with Crippen molar-refractivity contribution in [1.29, 1.82) is 0 Å². The minimum Gasteiger partial charge on any atom is -0.480 e. The molecule has 0 aromatic rings. The Bertz CT molecular complexity index is 265. The lowest BCUT2D eigenvalue weighted by Gasteiger charge is -2.38. The highest BCUT2D eigenvalue weighted by Crippen LogP contribution is 2.35. The van der Waals surface area contributed by atoms with Crippen molar-refractivity contribution in [3.63, 3.8) is 0 Å². The maximum absolute atomic E-state index is 11.0. The number of carboxylic acids is 1. The van der Waals surface area contributed by atoms with Gasteiger partial charge in [-0.3, -0.25) is 9.69 Å². The molecule has 0 spiro atoms. The van der Waals surface area contributed by atoms with Gasteiger partial charge in [-0.1, -0.05) is 13.8 Å². The molecule has 0 heterocycles. The van der Waals surface area contributed by atoms with E-state index in [9.17, 15) is 4.79 Å². The van der Waals surface area contributed by atoms with Crippen molar-refractivity contribution in [3.8, 4) is 0 Å². The van der Waals surface area contributed by atoms with Gasteiger partial charge in [-0.15, -0.1) is 0 Å². The van der Waals surface area contributed by atoms with E-state index in [1.54, 1.807) is 0 Å². The van der Waals surface area contributed by atoms with Crippen LogP contribution in [0.1, 0.15) is 46.0 Å². The van der Waals surface area contributed by atoms with Crippen LogP contribution in [-0.2, 0) is 4.79 Å². The third-order valence-electron chi connectivity index (χ3n) is 4.20. The SMILES string of the molecule is CC1CC(C)CC(N(CC(=O)O)CC2CC2)C1. The van der Waals surface area contributed by atoms with Crippen molar-refractivity contribution >= 4 is 5.97 Å². The summed E-state index contributed by atoms with van der Waals surface area (Å²) in [4.78, 5) is 13.2. The van der Waals surface area contributed by atoms with Crippen LogP contribution in [0.15, 0.2) is 0 Å². The van der Waals surface area contributed by atoms with E-state index in [1.165, 1.54) is 32.1 Å². The fourth-order valence-corrected chi connectivity index (χ4v) is 3.35. The number of hydrogen-bond donors (Lipinski definition) is 1. The second kappa shape index (κ2) is 5.38. The van der Waals surface area contributed by atoms with Crippen molar-refractivity contribution in [1.82, 2.24) is 4.90 Å². The van der Waals surface area contributed by atoms with Crippen LogP contribution in [0.2, 0.25) is 0 Å². The zero-order valence-electron chi connectivity index (χ0n) is 11.1. The van der Waals surface area contributed by atoms with Gasteiger partial charge in [0, 0.05) is 12.6 Å². The van der Waals surface area contributed by atoms with Crippen LogP contribution in [0.5, 0.6) is 0 Å². The molecule has 3 heteroatoms. The Morgan fingerprint density at radius 2 is 1.76 bits per heavy atom. The lowest BCUT2D eigenvalue weighted by atomic mass is 9.79. The highest BCUT2D eigenvalue weighted by atomic mass is 16.4. The molecule has 0 aliphatic heterocycles. The maximum Gasteiger partial charge on any atom is 0.317 e. The topological polar surface area (TPSA) is 40.5 Å². The maximum atomic E-state index is 11.0. The number of carboxylic acid groups (broad SMARTS) is 1. The summed E-state index contributed by atoms with van der Waals surface area (Å²) in [5.74, 6) is 1.61. The van der Waals surface area contributed by atoms with E-state index >= 15 is 0 Å². The normalized spacial score (nSPS) is 33.9. The molecule has 0 aromatic heterocycles. The van der Waals surface area contributed by atoms with Crippen molar-refractivity contribution < 1.29 is 9.90 Å². The van der Waals surface area contributed by atoms with Gasteiger partial charge in [0.2, 0.25) is 0 Å². The van der Waals surface area contributed by atoms with E-state index in [0.717, 1.165) is 24.3 Å². The van der Waals surface area contributed by atoms with Crippen LogP contribution in [0.4, 0.5) is 0 Å². The molecule has 17 heavy (non-hydrogen) atoms. The average Bonchev–Trinajstić information content (AvgIpc) is 2.98. The van der Waals surface area contributed by atoms with Gasteiger partial charge < -0.3 is 5.11 Å². The van der Waals surface area contributed by atoms with Crippen molar-refractivity contribution in [3.05, 3.63) is 0 Å². The number of rotatable bonds is 5. The highest BCUT2D eigenvalue weighted by Gasteiger charge is 2.33. The number of aliphatic carboxylic acids is 1. The molecule has 98 valence electrons. The first-order valence-electron chi connectivity index (χ1n) is 7.00. The fourth-order valence-electron chi connectivity index (χ4n) is 3.35. The first kappa shape index (κ1) is 12.9. The molecule has 2 fully saturated rings. The Hall–Kier alpha value is -0.570. The van der Waals surface area contributed by atoms with Gasteiger partial charge in [0.15, 0.2) is 0 Å². The third kappa shape index (κ3) is 3.98. The van der Waals surface area contributed by atoms with E-state index < -0.39 is 5.97 Å². The van der Waals surface area contributed by atoms with E-state index in [4.69, 9.17) is 5.11 Å². The van der Waals surface area contributed by atoms with E-state index in [0.29, 0.717) is 6.04 Å². The molecule has 2 aliphatic rings. The largest absolute Gasteiger partial charge is 0.480 e. The molecule has 0 bridgehead atoms. The summed E-state index contributed by atoms with van der Waals surface area (Å²) >= 11 is 0. The number of nitrogens with zero attached hydrogens (tertiary/aromatic N) is 1. The molecule has 2 atom stereocenters. The van der Waals surface area contributed by atoms with E-state index in [-0.39, 0.29) is 6.54 Å². The molecule has 0 aromatic carbocycles. The quantitative estimate of drug-likeness (QED) is 0.801. The zero-order valence-corrected chi connectivity index (χ0v) is 11.1. The highest BCUT2D eigenvalue weighted by molar-refractivity contribution is 5.69. The minimum atomic E-state index is -0.670. The van der Waals surface area contributed by atoms with Crippen LogP contribution in [0.25, 0.3) is 0 Å². The Morgan fingerprint density at radius 3 is 2.24 bits per heavy atom. The molecule has 2 rings (SSSR count). The monoisotopic (exact) mass is 239 g/mol. The predicted molar refractivity (Wildman–Crippen MR) is 67.9 cm³/mol. The second-order valence-electron chi connectivity index (χ2n) is 6.34. The van der Waals surface area contributed by atoms with E-state index in [2.05, 4.69) is 18.7 Å². The van der Waals surface area contributed by atoms with E-state index in [1.807, 2.05) is 0 Å². The average molecular weight is 239 g/mol. The van der Waals surface area contributed by atoms with Crippen LogP contribution in [0, 0.1) is 17.8 Å². The molecule has 0 saturated heterocycles. The lowest BCUT2D eigenvalue weighted by Crippen LogP contribution is -2.44. The van der Waals surface area contributed by atoms with Crippen LogP contribution in [0.3, 0.4) is 0 Å². The summed E-state index contributed by atoms with van der Waals surface area (Å²) < 4.78 is 0. The zero-order chi connectivity index (χ0) is 12.4. The predicted octanol–water partition coefficient (Wildman–Crippen LogP) is 2.61. The third-order valence-corrected chi connectivity index (χ3v) is 4.20. The Labute approximate surface area is 104 Å². The molecular formula is C14H25NO2. The van der Waals surface area contributed by atoms with Crippen molar-refractivity contribution in [2.75, 3.05) is 13.1 Å². The summed E-state index contributed by atoms with van der Waals surface area (Å²) in [5.41, 5.74) is 0. The molecule has 0 radical (unpaired) electrons. The summed E-state index contributed by atoms with van der Waals surface area (Å²) in [6.45, 7) is 5.86. The summed E-state index contributed by atoms with van der Waals surface area (Å²) in [6.07, 6.45) is 6.28. The van der Waals surface area contributed by atoms with Gasteiger partial charge in [-0.2, -0.15) is 0 Å². The van der Waals surface area contributed by atoms with Gasteiger partial charge in [-0.05, 0) is 49.9 Å².